The zero-order chi connectivity index (χ0) is 16.4. The minimum atomic E-state index is -0.169. The smallest absolute Gasteiger partial charge is 0.255 e. The number of fused-ring (bicyclic) bond motifs is 1. The second-order valence-corrected chi connectivity index (χ2v) is 5.52. The van der Waals surface area contributed by atoms with Crippen molar-refractivity contribution in [1.29, 1.82) is 0 Å². The van der Waals surface area contributed by atoms with Gasteiger partial charge in [-0.1, -0.05) is 17.7 Å². The Morgan fingerprint density at radius 2 is 1.91 bits per heavy atom. The van der Waals surface area contributed by atoms with E-state index in [1.165, 1.54) is 0 Å². The van der Waals surface area contributed by atoms with Gasteiger partial charge in [-0.2, -0.15) is 0 Å². The summed E-state index contributed by atoms with van der Waals surface area (Å²) in [4.78, 5) is 17.0. The molecule has 0 radical (unpaired) electrons. The maximum atomic E-state index is 12.5. The van der Waals surface area contributed by atoms with Crippen LogP contribution in [0.2, 0.25) is 0 Å². The number of hydrogen-bond acceptors (Lipinski definition) is 3. The number of ether oxygens (including phenoxy) is 1. The fourth-order valence-corrected chi connectivity index (χ4v) is 2.53. The second kappa shape index (κ2) is 6.08. The predicted molar refractivity (Wildman–Crippen MR) is 92.2 cm³/mol. The topological polar surface area (TPSA) is 51.2 Å². The van der Waals surface area contributed by atoms with Gasteiger partial charge in [0.25, 0.3) is 5.91 Å². The third kappa shape index (κ3) is 3.16. The molecule has 0 saturated heterocycles. The number of hydrogen-bond donors (Lipinski definition) is 1. The molecule has 0 bridgehead atoms. The molecule has 1 N–H and O–H groups in total. The Labute approximate surface area is 135 Å². The number of benzene rings is 2. The van der Waals surface area contributed by atoms with Crippen LogP contribution in [0.3, 0.4) is 0 Å². The summed E-state index contributed by atoms with van der Waals surface area (Å²) in [6.07, 6.45) is 0. The van der Waals surface area contributed by atoms with Gasteiger partial charge in [-0.25, -0.2) is 0 Å². The fraction of sp³-hybridized carbons (Fsp3) is 0.158. The highest BCUT2D eigenvalue weighted by atomic mass is 16.5. The predicted octanol–water partition coefficient (Wildman–Crippen LogP) is 4.11. The van der Waals surface area contributed by atoms with Crippen LogP contribution in [0.5, 0.6) is 5.75 Å². The van der Waals surface area contributed by atoms with Crippen LogP contribution < -0.4 is 10.1 Å². The SMILES string of the molecule is COc1cccc(C(=O)Nc2cc(C)nc3ccc(C)cc23)c1. The summed E-state index contributed by atoms with van der Waals surface area (Å²) < 4.78 is 5.17. The number of aryl methyl sites for hydroxylation is 2. The summed E-state index contributed by atoms with van der Waals surface area (Å²) in [5.74, 6) is 0.488. The normalized spacial score (nSPS) is 10.6. The maximum absolute atomic E-state index is 12.5. The van der Waals surface area contributed by atoms with Crippen molar-refractivity contribution in [2.24, 2.45) is 0 Å². The lowest BCUT2D eigenvalue weighted by molar-refractivity contribution is 0.102. The Morgan fingerprint density at radius 3 is 2.70 bits per heavy atom. The molecule has 0 saturated carbocycles. The second-order valence-electron chi connectivity index (χ2n) is 5.52. The molecule has 0 unspecified atom stereocenters. The summed E-state index contributed by atoms with van der Waals surface area (Å²) in [7, 11) is 1.58. The van der Waals surface area contributed by atoms with E-state index in [0.717, 1.165) is 27.8 Å². The number of nitrogens with zero attached hydrogens (tertiary/aromatic N) is 1. The Kier molecular flexibility index (Phi) is 3.98. The number of rotatable bonds is 3. The van der Waals surface area contributed by atoms with E-state index >= 15 is 0 Å². The Morgan fingerprint density at radius 1 is 1.09 bits per heavy atom. The van der Waals surface area contributed by atoms with Crippen LogP contribution in [-0.2, 0) is 0 Å². The highest BCUT2D eigenvalue weighted by Crippen LogP contribution is 2.25. The Hall–Kier alpha value is -2.88. The van der Waals surface area contributed by atoms with E-state index in [0.29, 0.717) is 11.3 Å². The van der Waals surface area contributed by atoms with Crippen LogP contribution in [0.1, 0.15) is 21.6 Å². The monoisotopic (exact) mass is 306 g/mol. The third-order valence-corrected chi connectivity index (χ3v) is 3.67. The first kappa shape index (κ1) is 15.0. The fourth-order valence-electron chi connectivity index (χ4n) is 2.53. The molecule has 1 amide bonds. The van der Waals surface area contributed by atoms with Crippen LogP contribution in [0, 0.1) is 13.8 Å². The summed E-state index contributed by atoms with van der Waals surface area (Å²) in [6.45, 7) is 3.94. The lowest BCUT2D eigenvalue weighted by atomic mass is 10.1. The summed E-state index contributed by atoms with van der Waals surface area (Å²) in [5, 5.41) is 3.92. The number of aromatic nitrogens is 1. The average molecular weight is 306 g/mol. The first-order valence-electron chi connectivity index (χ1n) is 7.40. The minimum Gasteiger partial charge on any atom is -0.497 e. The maximum Gasteiger partial charge on any atom is 0.255 e. The quantitative estimate of drug-likeness (QED) is 0.792. The lowest BCUT2D eigenvalue weighted by Gasteiger charge is -2.11. The molecular formula is C19H18N2O2. The van der Waals surface area contributed by atoms with Crippen molar-refractivity contribution in [3.8, 4) is 5.75 Å². The van der Waals surface area contributed by atoms with Gasteiger partial charge in [0, 0.05) is 16.6 Å². The third-order valence-electron chi connectivity index (χ3n) is 3.67. The van der Waals surface area contributed by atoms with Gasteiger partial charge in [-0.3, -0.25) is 9.78 Å². The Bertz CT molecular complexity index is 888. The van der Waals surface area contributed by atoms with Gasteiger partial charge >= 0.3 is 0 Å². The molecule has 2 aromatic carbocycles. The van der Waals surface area contributed by atoms with Crippen molar-refractivity contribution >= 4 is 22.5 Å². The molecular weight excluding hydrogens is 288 g/mol. The highest BCUT2D eigenvalue weighted by Gasteiger charge is 2.11. The molecule has 3 rings (SSSR count). The number of methoxy groups -OCH3 is 1. The molecule has 4 nitrogen and oxygen atoms in total. The standard InChI is InChI=1S/C19H18N2O2/c1-12-7-8-17-16(9-12)18(10-13(2)20-17)21-19(22)14-5-4-6-15(11-14)23-3/h4-11H,1-3H3,(H,20,21,22). The number of carbonyl (C=O) groups excluding carboxylic acids is 1. The summed E-state index contributed by atoms with van der Waals surface area (Å²) in [5.41, 5.74) is 4.18. The van der Waals surface area contributed by atoms with Crippen molar-refractivity contribution in [3.63, 3.8) is 0 Å². The van der Waals surface area contributed by atoms with Crippen molar-refractivity contribution in [1.82, 2.24) is 4.98 Å². The molecule has 0 atom stereocenters. The zero-order valence-corrected chi connectivity index (χ0v) is 13.4. The molecule has 0 aliphatic carbocycles. The molecule has 3 aromatic rings. The number of nitrogens with one attached hydrogen (secondary N) is 1. The van der Waals surface area contributed by atoms with Crippen molar-refractivity contribution in [2.75, 3.05) is 12.4 Å². The first-order valence-corrected chi connectivity index (χ1v) is 7.40. The van der Waals surface area contributed by atoms with E-state index < -0.39 is 0 Å². The van der Waals surface area contributed by atoms with Gasteiger partial charge in [-0.15, -0.1) is 0 Å². The van der Waals surface area contributed by atoms with E-state index in [1.807, 2.05) is 44.2 Å². The average Bonchev–Trinajstić information content (AvgIpc) is 2.55. The van der Waals surface area contributed by atoms with E-state index in [-0.39, 0.29) is 5.91 Å². The van der Waals surface area contributed by atoms with Crippen molar-refractivity contribution in [3.05, 3.63) is 65.4 Å². The molecule has 0 fully saturated rings. The Balaban J connectivity index is 2.00. The van der Waals surface area contributed by atoms with Gasteiger partial charge in [0.15, 0.2) is 0 Å². The van der Waals surface area contributed by atoms with Gasteiger partial charge in [0.1, 0.15) is 5.75 Å². The van der Waals surface area contributed by atoms with Crippen molar-refractivity contribution < 1.29 is 9.53 Å². The molecule has 0 aliphatic rings. The van der Waals surface area contributed by atoms with E-state index in [4.69, 9.17) is 4.74 Å². The minimum absolute atomic E-state index is 0.169. The number of pyridine rings is 1. The van der Waals surface area contributed by atoms with E-state index in [9.17, 15) is 4.79 Å². The van der Waals surface area contributed by atoms with Gasteiger partial charge in [-0.05, 0) is 50.2 Å². The van der Waals surface area contributed by atoms with Gasteiger partial charge < -0.3 is 10.1 Å². The van der Waals surface area contributed by atoms with Crippen LogP contribution in [-0.4, -0.2) is 18.0 Å². The van der Waals surface area contributed by atoms with E-state index in [2.05, 4.69) is 10.3 Å². The highest BCUT2D eigenvalue weighted by molar-refractivity contribution is 6.08. The molecule has 4 heteroatoms. The van der Waals surface area contributed by atoms with Crippen LogP contribution in [0.15, 0.2) is 48.5 Å². The molecule has 1 heterocycles. The summed E-state index contributed by atoms with van der Waals surface area (Å²) in [6, 6.07) is 15.0. The van der Waals surface area contributed by atoms with E-state index in [1.54, 1.807) is 25.3 Å². The molecule has 1 aromatic heterocycles. The van der Waals surface area contributed by atoms with Crippen LogP contribution in [0.25, 0.3) is 10.9 Å². The first-order chi connectivity index (χ1) is 11.1. The van der Waals surface area contributed by atoms with Gasteiger partial charge in [0.05, 0.1) is 18.3 Å². The van der Waals surface area contributed by atoms with Gasteiger partial charge in [0.2, 0.25) is 0 Å². The largest absolute Gasteiger partial charge is 0.497 e. The molecule has 23 heavy (non-hydrogen) atoms. The zero-order valence-electron chi connectivity index (χ0n) is 13.4. The number of anilines is 1. The lowest BCUT2D eigenvalue weighted by Crippen LogP contribution is -2.12. The van der Waals surface area contributed by atoms with Crippen molar-refractivity contribution in [2.45, 2.75) is 13.8 Å². The molecule has 0 spiro atoms. The number of carbonyl (C=O) groups is 1. The summed E-state index contributed by atoms with van der Waals surface area (Å²) >= 11 is 0. The molecule has 116 valence electrons. The molecule has 0 aliphatic heterocycles. The number of amides is 1. The van der Waals surface area contributed by atoms with Crippen LogP contribution in [0.4, 0.5) is 5.69 Å². The van der Waals surface area contributed by atoms with Crippen LogP contribution >= 0.6 is 0 Å².